The van der Waals surface area contributed by atoms with E-state index in [0.29, 0.717) is 19.3 Å². The van der Waals surface area contributed by atoms with Crippen molar-refractivity contribution in [3.8, 4) is 0 Å². The summed E-state index contributed by atoms with van der Waals surface area (Å²) in [6.45, 7) is 3.59. The van der Waals surface area contributed by atoms with Crippen LogP contribution in [0.5, 0.6) is 0 Å². The van der Waals surface area contributed by atoms with Crippen molar-refractivity contribution in [3.05, 3.63) is 22.7 Å². The summed E-state index contributed by atoms with van der Waals surface area (Å²) in [5.74, 6) is -4.10. The van der Waals surface area contributed by atoms with Crippen LogP contribution in [0.3, 0.4) is 0 Å². The molecule has 2 heterocycles. The fraction of sp³-hybridized carbons (Fsp3) is 0.704. The first-order valence-corrected chi connectivity index (χ1v) is 14.2. The lowest BCUT2D eigenvalue weighted by molar-refractivity contribution is -0.155. The Kier molecular flexibility index (Phi) is 8.77. The Balaban J connectivity index is 1.83. The molecule has 0 radical (unpaired) electrons. The Bertz CT molecular complexity index is 1220. The van der Waals surface area contributed by atoms with Crippen molar-refractivity contribution in [3.63, 3.8) is 0 Å². The van der Waals surface area contributed by atoms with Gasteiger partial charge >= 0.3 is 6.18 Å². The number of ketones is 3. The quantitative estimate of drug-likeness (QED) is 0.161. The Labute approximate surface area is 245 Å². The number of halogens is 5. The molecule has 0 aromatic heterocycles. The number of hydrogen-bond acceptors (Lipinski definition) is 9. The second kappa shape index (κ2) is 11.3. The molecule has 2 aliphatic carbocycles. The molecule has 2 N–H and O–H groups in total. The third-order valence-electron chi connectivity index (χ3n) is 8.63. The zero-order valence-corrected chi connectivity index (χ0v) is 24.6. The smallest absolute Gasteiger partial charge is 0.433 e. The molecule has 41 heavy (non-hydrogen) atoms. The molecule has 2 bridgehead atoms. The number of carbonyl (C=O) groups excluding carboxylic acids is 3. The maximum absolute atomic E-state index is 14.3. The number of nitrogens with one attached hydrogen (secondary N) is 1. The van der Waals surface area contributed by atoms with Gasteiger partial charge in [-0.3, -0.25) is 24.7 Å². The van der Waals surface area contributed by atoms with E-state index in [-0.39, 0.29) is 43.8 Å². The van der Waals surface area contributed by atoms with Crippen LogP contribution < -0.4 is 5.32 Å². The topological polar surface area (TPSA) is 124 Å². The monoisotopic (exact) mass is 624 g/mol. The number of methoxy groups -OCH3 is 1. The predicted molar refractivity (Wildman–Crippen MR) is 143 cm³/mol. The normalized spacial score (nSPS) is 31.7. The molecular formula is C27H33Cl2F3N2O7. The highest BCUT2D eigenvalue weighted by Gasteiger charge is 2.64. The third-order valence-corrected chi connectivity index (χ3v) is 9.37. The van der Waals surface area contributed by atoms with Crippen LogP contribution in [-0.2, 0) is 28.6 Å². The van der Waals surface area contributed by atoms with E-state index < -0.39 is 74.2 Å². The molecule has 4 rings (SSSR count). The molecule has 0 amide bonds. The minimum Gasteiger partial charge on any atom is -0.511 e. The highest BCUT2D eigenvalue weighted by molar-refractivity contribution is 6.45. The number of aliphatic hydroxyl groups excluding tert-OH is 1. The van der Waals surface area contributed by atoms with Crippen LogP contribution in [0, 0.1) is 17.3 Å². The van der Waals surface area contributed by atoms with Crippen LogP contribution in [-0.4, -0.2) is 83.9 Å². The summed E-state index contributed by atoms with van der Waals surface area (Å²) in [6.07, 6.45) is -4.17. The van der Waals surface area contributed by atoms with Gasteiger partial charge in [0.15, 0.2) is 11.6 Å². The lowest BCUT2D eigenvalue weighted by atomic mass is 9.64. The van der Waals surface area contributed by atoms with Crippen LogP contribution in [0.25, 0.3) is 0 Å². The van der Waals surface area contributed by atoms with Gasteiger partial charge in [0.2, 0.25) is 11.5 Å². The number of aliphatic imine (C=N–C) groups is 1. The Morgan fingerprint density at radius 2 is 1.88 bits per heavy atom. The number of nitrogens with zero attached hydrogens (tertiary/aromatic N) is 1. The SMILES string of the molecule is COCCOC1=C(C)C(C(F)(F)F)=NC(C)(C)C1(CC(=O)C1(C(=O)C2=C(O)C3CCC(C3)C2=O)NCCO1)C(Cl)Cl. The van der Waals surface area contributed by atoms with Gasteiger partial charge in [-0.05, 0) is 40.0 Å². The van der Waals surface area contributed by atoms with Gasteiger partial charge in [-0.15, -0.1) is 23.2 Å². The maximum Gasteiger partial charge on any atom is 0.433 e. The van der Waals surface area contributed by atoms with Crippen molar-refractivity contribution in [2.75, 3.05) is 33.5 Å². The summed E-state index contributed by atoms with van der Waals surface area (Å²) in [6, 6.07) is 0. The zero-order chi connectivity index (χ0) is 30.5. The number of carbonyl (C=O) groups is 3. The predicted octanol–water partition coefficient (Wildman–Crippen LogP) is 4.16. The average Bonchev–Trinajstić information content (AvgIpc) is 3.56. The minimum atomic E-state index is -4.86. The molecule has 4 aliphatic rings. The van der Waals surface area contributed by atoms with E-state index in [1.807, 2.05) is 0 Å². The molecule has 4 unspecified atom stereocenters. The first-order chi connectivity index (χ1) is 19.0. The Morgan fingerprint density at radius 3 is 2.44 bits per heavy atom. The summed E-state index contributed by atoms with van der Waals surface area (Å²) in [7, 11) is 1.38. The third kappa shape index (κ3) is 5.13. The van der Waals surface area contributed by atoms with Crippen LogP contribution in [0.15, 0.2) is 27.7 Å². The van der Waals surface area contributed by atoms with E-state index in [1.54, 1.807) is 0 Å². The lowest BCUT2D eigenvalue weighted by Crippen LogP contribution is -2.62. The molecule has 2 fully saturated rings. The molecule has 4 atom stereocenters. The number of rotatable bonds is 10. The first kappa shape index (κ1) is 31.9. The molecule has 14 heteroatoms. The standard InChI is InChI=1S/C27H33Cl2F3N2O7/c1-13-20(27(30,31)32)34-24(2,3)25(23(28)29,22(13)40-10-9-39-4)12-16(35)26(33-7-8-41-26)21(38)17-18(36)14-5-6-15(11-14)19(17)37/h14-15,23,33,36H,5-12H2,1-4H3. The number of Topliss-reactive ketones (excluding diaryl/α,β-unsaturated/α-hetero) is 3. The van der Waals surface area contributed by atoms with E-state index in [4.69, 9.17) is 37.4 Å². The number of hydrogen-bond donors (Lipinski definition) is 2. The van der Waals surface area contributed by atoms with E-state index in [2.05, 4.69) is 10.3 Å². The molecule has 0 aromatic rings. The zero-order valence-electron chi connectivity index (χ0n) is 23.1. The summed E-state index contributed by atoms with van der Waals surface area (Å²) in [5, 5.41) is 13.6. The number of aliphatic hydroxyl groups is 1. The number of fused-ring (bicyclic) bond motifs is 2. The second-order valence-corrected chi connectivity index (χ2v) is 12.4. The van der Waals surface area contributed by atoms with Gasteiger partial charge in [-0.2, -0.15) is 13.2 Å². The largest absolute Gasteiger partial charge is 0.511 e. The minimum absolute atomic E-state index is 0.0000658. The number of dihydropyridines is 1. The Morgan fingerprint density at radius 1 is 1.22 bits per heavy atom. The van der Waals surface area contributed by atoms with Gasteiger partial charge in [0, 0.05) is 37.5 Å². The van der Waals surface area contributed by atoms with Crippen LogP contribution in [0.2, 0.25) is 0 Å². The lowest BCUT2D eigenvalue weighted by Gasteiger charge is -2.50. The fourth-order valence-electron chi connectivity index (χ4n) is 6.38. The number of allylic oxidation sites excluding steroid dienone is 2. The van der Waals surface area contributed by atoms with Crippen molar-refractivity contribution < 1.29 is 46.9 Å². The van der Waals surface area contributed by atoms with Crippen molar-refractivity contribution in [2.24, 2.45) is 22.2 Å². The highest BCUT2D eigenvalue weighted by atomic mass is 35.5. The first-order valence-electron chi connectivity index (χ1n) is 13.3. The van der Waals surface area contributed by atoms with Crippen molar-refractivity contribution in [1.82, 2.24) is 5.32 Å². The van der Waals surface area contributed by atoms with Crippen LogP contribution >= 0.6 is 23.2 Å². The average molecular weight is 625 g/mol. The number of alkyl halides is 5. The second-order valence-electron chi connectivity index (χ2n) is 11.3. The molecular weight excluding hydrogens is 592 g/mol. The Hall–Kier alpha value is -1.99. The highest BCUT2D eigenvalue weighted by Crippen LogP contribution is 2.56. The van der Waals surface area contributed by atoms with E-state index in [1.165, 1.54) is 21.0 Å². The van der Waals surface area contributed by atoms with Gasteiger partial charge in [0.25, 0.3) is 0 Å². The summed E-state index contributed by atoms with van der Waals surface area (Å²) in [4.78, 5) is 43.8. The number of ether oxygens (including phenoxy) is 3. The van der Waals surface area contributed by atoms with Gasteiger partial charge in [0.05, 0.1) is 24.2 Å². The summed E-state index contributed by atoms with van der Waals surface area (Å²) in [5.41, 5.74) is -8.22. The van der Waals surface area contributed by atoms with Crippen LogP contribution in [0.4, 0.5) is 13.2 Å². The summed E-state index contributed by atoms with van der Waals surface area (Å²) >= 11 is 13.0. The fourth-order valence-corrected chi connectivity index (χ4v) is 7.27. The van der Waals surface area contributed by atoms with Gasteiger partial charge in [-0.25, -0.2) is 0 Å². The van der Waals surface area contributed by atoms with Crippen LogP contribution in [0.1, 0.15) is 46.5 Å². The molecule has 2 aliphatic heterocycles. The van der Waals surface area contributed by atoms with Crippen molar-refractivity contribution in [1.29, 1.82) is 0 Å². The maximum atomic E-state index is 14.3. The molecule has 9 nitrogen and oxygen atoms in total. The molecule has 228 valence electrons. The molecule has 1 saturated heterocycles. The van der Waals surface area contributed by atoms with Gasteiger partial charge < -0.3 is 19.3 Å². The molecule has 0 spiro atoms. The van der Waals surface area contributed by atoms with E-state index >= 15 is 0 Å². The van der Waals surface area contributed by atoms with E-state index in [9.17, 15) is 32.7 Å². The van der Waals surface area contributed by atoms with Crippen molar-refractivity contribution >= 4 is 46.3 Å². The van der Waals surface area contributed by atoms with Gasteiger partial charge in [0.1, 0.15) is 34.2 Å². The van der Waals surface area contributed by atoms with Crippen molar-refractivity contribution in [2.45, 2.75) is 68.7 Å². The summed E-state index contributed by atoms with van der Waals surface area (Å²) < 4.78 is 58.7. The van der Waals surface area contributed by atoms with E-state index in [0.717, 1.165) is 6.92 Å². The molecule has 0 aromatic carbocycles. The molecule has 1 saturated carbocycles. The van der Waals surface area contributed by atoms with Gasteiger partial charge in [-0.1, -0.05) is 0 Å².